The van der Waals surface area contributed by atoms with Crippen LogP contribution in [0.2, 0.25) is 0 Å². The number of hydrogen-bond acceptors (Lipinski definition) is 28. The third kappa shape index (κ3) is 29.5. The van der Waals surface area contributed by atoms with Gasteiger partial charge >= 0.3 is 35.8 Å². The second-order valence-electron chi connectivity index (χ2n) is 22.1. The molecule has 0 fully saturated rings. The molecular weight excluding hydrogens is 1360 g/mol. The molecule has 0 bridgehead atoms. The maximum atomic E-state index is 14.5. The minimum absolute atomic E-state index is 0.00253. The van der Waals surface area contributed by atoms with Gasteiger partial charge in [0.05, 0.1) is 93.5 Å². The van der Waals surface area contributed by atoms with Gasteiger partial charge in [0.1, 0.15) is 90.8 Å². The molecule has 0 saturated carbocycles. The first-order valence-electron chi connectivity index (χ1n) is 33.4. The van der Waals surface area contributed by atoms with Crippen LogP contribution in [-0.4, -0.2) is 220 Å². The van der Waals surface area contributed by atoms with Crippen LogP contribution in [-0.2, 0) is 85.6 Å². The van der Waals surface area contributed by atoms with E-state index in [4.69, 9.17) is 94.7 Å². The lowest BCUT2D eigenvalue weighted by Crippen LogP contribution is -2.16. The molecule has 0 aliphatic heterocycles. The molecule has 562 valence electrons. The van der Waals surface area contributed by atoms with Gasteiger partial charge in [-0.15, -0.1) is 0 Å². The van der Waals surface area contributed by atoms with Crippen LogP contribution < -0.4 is 37.9 Å². The van der Waals surface area contributed by atoms with Gasteiger partial charge in [-0.05, 0) is 58.7 Å². The van der Waals surface area contributed by atoms with Gasteiger partial charge in [-0.1, -0.05) is 72.8 Å². The fraction of sp³-hybridized carbons (Fsp3) is 0.421. The number of rotatable bonds is 51. The Kier molecular flexibility index (Phi) is 36.8. The van der Waals surface area contributed by atoms with Gasteiger partial charge in [-0.3, -0.25) is 38.4 Å². The zero-order chi connectivity index (χ0) is 74.9. The summed E-state index contributed by atoms with van der Waals surface area (Å²) in [5, 5.41) is 0. The standard InChI is InChI=1S/C76H90O28/c1-51(77)93-33-21-87-27-39-99-69-47-63(48-70(100-40-28-88-22-34-94-52(2)78)75(69)103-43-31-91-25-37-97-55(5)81)73(83)59-13-9-57(10-14-59)65-19-17-61(45-67(65)85-7)62-18-20-66(68(46-62)86-8)58-11-15-60(16-12-58)74(84)64-49-71(101-41-29-89-23-35-95-53(3)79)76(104-44-32-92-26-38-98-56(6)82)72(50-64)102-42-30-90-24-36-96-54(4)80/h9-20,45-50H,21-44H2,1-8H3. The molecule has 0 radical (unpaired) electrons. The summed E-state index contributed by atoms with van der Waals surface area (Å²) in [5.41, 5.74) is 5.68. The number of esters is 6. The third-order valence-corrected chi connectivity index (χ3v) is 14.3. The van der Waals surface area contributed by atoms with Crippen molar-refractivity contribution in [2.24, 2.45) is 0 Å². The summed E-state index contributed by atoms with van der Waals surface area (Å²) in [6.45, 7) is 9.39. The molecule has 0 spiro atoms. The van der Waals surface area contributed by atoms with Crippen LogP contribution >= 0.6 is 0 Å². The monoisotopic (exact) mass is 1450 g/mol. The van der Waals surface area contributed by atoms with Gasteiger partial charge in [0.15, 0.2) is 34.6 Å². The molecule has 0 amide bonds. The minimum Gasteiger partial charge on any atom is -0.496 e. The van der Waals surface area contributed by atoms with Crippen molar-refractivity contribution in [2.75, 3.05) is 173 Å². The second kappa shape index (κ2) is 46.3. The van der Waals surface area contributed by atoms with E-state index >= 15 is 0 Å². The summed E-state index contributed by atoms with van der Waals surface area (Å²) in [6, 6.07) is 31.7. The van der Waals surface area contributed by atoms with E-state index in [1.807, 2.05) is 60.7 Å². The molecular formula is C76H90O28. The number of ether oxygens (including phenoxy) is 20. The number of ketones is 2. The molecule has 28 nitrogen and oxygen atoms in total. The van der Waals surface area contributed by atoms with E-state index in [9.17, 15) is 38.4 Å². The fourth-order valence-corrected chi connectivity index (χ4v) is 9.61. The molecule has 0 atom stereocenters. The first kappa shape index (κ1) is 82.6. The second-order valence-corrected chi connectivity index (χ2v) is 22.1. The van der Waals surface area contributed by atoms with E-state index in [-0.39, 0.29) is 216 Å². The van der Waals surface area contributed by atoms with Gasteiger partial charge in [0.25, 0.3) is 0 Å². The van der Waals surface area contributed by atoms with Gasteiger partial charge in [0.2, 0.25) is 11.5 Å². The van der Waals surface area contributed by atoms with Crippen LogP contribution in [0.3, 0.4) is 0 Å². The number of hydrogen-bond donors (Lipinski definition) is 0. The van der Waals surface area contributed by atoms with Crippen LogP contribution in [0, 0.1) is 0 Å². The topological polar surface area (TPSA) is 321 Å². The molecule has 0 aliphatic rings. The van der Waals surface area contributed by atoms with E-state index < -0.39 is 35.8 Å². The number of methoxy groups -OCH3 is 2. The molecule has 0 saturated heterocycles. The summed E-state index contributed by atoms with van der Waals surface area (Å²) in [5.74, 6) is -1.37. The highest BCUT2D eigenvalue weighted by Crippen LogP contribution is 2.43. The summed E-state index contributed by atoms with van der Waals surface area (Å²) in [4.78, 5) is 96.5. The molecule has 0 heterocycles. The van der Waals surface area contributed by atoms with Crippen LogP contribution in [0.15, 0.2) is 109 Å². The molecule has 0 unspecified atom stereocenters. The molecule has 0 N–H and O–H groups in total. The van der Waals surface area contributed by atoms with Crippen molar-refractivity contribution in [2.45, 2.75) is 41.5 Å². The summed E-state index contributed by atoms with van der Waals surface area (Å²) >= 11 is 0. The quantitative estimate of drug-likeness (QED) is 0.0149. The zero-order valence-electron chi connectivity index (χ0n) is 59.8. The average Bonchev–Trinajstić information content (AvgIpc) is 0.807. The lowest BCUT2D eigenvalue weighted by molar-refractivity contribution is -0.143. The maximum Gasteiger partial charge on any atom is 0.302 e. The van der Waals surface area contributed by atoms with E-state index in [0.717, 1.165) is 33.4 Å². The van der Waals surface area contributed by atoms with E-state index in [1.54, 1.807) is 38.5 Å². The van der Waals surface area contributed by atoms with Crippen molar-refractivity contribution >= 4 is 47.4 Å². The Hall–Kier alpha value is -10.4. The maximum absolute atomic E-state index is 14.5. The zero-order valence-corrected chi connectivity index (χ0v) is 59.8. The Morgan fingerprint density at radius 3 is 0.683 bits per heavy atom. The largest absolute Gasteiger partial charge is 0.496 e. The summed E-state index contributed by atoms with van der Waals surface area (Å²) < 4.78 is 112. The van der Waals surface area contributed by atoms with Crippen LogP contribution in [0.4, 0.5) is 0 Å². The Morgan fingerprint density at radius 1 is 0.231 bits per heavy atom. The molecule has 6 aromatic rings. The Bertz CT molecular complexity index is 3380. The van der Waals surface area contributed by atoms with E-state index in [1.165, 1.54) is 65.8 Å². The van der Waals surface area contributed by atoms with Gasteiger partial charge in [-0.25, -0.2) is 0 Å². The lowest BCUT2D eigenvalue weighted by atomic mass is 9.94. The van der Waals surface area contributed by atoms with Crippen molar-refractivity contribution in [1.29, 1.82) is 0 Å². The predicted molar refractivity (Wildman–Crippen MR) is 373 cm³/mol. The Labute approximate surface area is 603 Å². The highest BCUT2D eigenvalue weighted by Gasteiger charge is 2.24. The van der Waals surface area contributed by atoms with Crippen molar-refractivity contribution in [3.63, 3.8) is 0 Å². The van der Waals surface area contributed by atoms with Crippen molar-refractivity contribution in [1.82, 2.24) is 0 Å². The van der Waals surface area contributed by atoms with Crippen LogP contribution in [0.5, 0.6) is 46.0 Å². The first-order chi connectivity index (χ1) is 50.3. The van der Waals surface area contributed by atoms with Crippen molar-refractivity contribution < 1.29 is 133 Å². The van der Waals surface area contributed by atoms with Gasteiger partial charge in [0, 0.05) is 74.9 Å². The molecule has 28 heteroatoms. The Balaban J connectivity index is 1.21. The summed E-state index contributed by atoms with van der Waals surface area (Å²) in [6.07, 6.45) is 0. The highest BCUT2D eigenvalue weighted by molar-refractivity contribution is 6.10. The SMILES string of the molecule is COc1cc(-c2ccc(-c3ccc(C(=O)c4cc(OCCOCCOC(C)=O)c(OCCOCCOC(C)=O)c(OCCOCCOC(C)=O)c4)cc3)c(OC)c2)ccc1-c1ccc(C(=O)c2cc(OCCOCCOC(C)=O)c(OCCOCCOC(C)=O)c(OCCOCCOC(C)=O)c2)cc1. The highest BCUT2D eigenvalue weighted by atomic mass is 16.6. The molecule has 6 rings (SSSR count). The molecule has 6 aromatic carbocycles. The third-order valence-electron chi connectivity index (χ3n) is 14.3. The molecule has 104 heavy (non-hydrogen) atoms. The normalized spacial score (nSPS) is 10.8. The van der Waals surface area contributed by atoms with Gasteiger partial charge < -0.3 is 94.7 Å². The molecule has 0 aliphatic carbocycles. The number of carbonyl (C=O) groups is 8. The van der Waals surface area contributed by atoms with Crippen molar-refractivity contribution in [3.8, 4) is 79.4 Å². The number of benzene rings is 6. The van der Waals surface area contributed by atoms with Crippen molar-refractivity contribution in [3.05, 3.63) is 131 Å². The van der Waals surface area contributed by atoms with E-state index in [0.29, 0.717) is 22.6 Å². The van der Waals surface area contributed by atoms with Gasteiger partial charge in [-0.2, -0.15) is 0 Å². The van der Waals surface area contributed by atoms with Crippen LogP contribution in [0.1, 0.15) is 73.4 Å². The Morgan fingerprint density at radius 2 is 0.452 bits per heavy atom. The predicted octanol–water partition coefficient (Wildman–Crippen LogP) is 8.92. The van der Waals surface area contributed by atoms with Crippen LogP contribution in [0.25, 0.3) is 33.4 Å². The minimum atomic E-state index is -0.442. The molecule has 0 aromatic heterocycles. The fourth-order valence-electron chi connectivity index (χ4n) is 9.61. The van der Waals surface area contributed by atoms with E-state index in [2.05, 4.69) is 0 Å². The number of carbonyl (C=O) groups excluding carboxylic acids is 8. The smallest absolute Gasteiger partial charge is 0.302 e. The lowest BCUT2D eigenvalue weighted by Gasteiger charge is -2.19. The summed E-state index contributed by atoms with van der Waals surface area (Å²) in [7, 11) is 3.14. The average molecular weight is 1450 g/mol. The first-order valence-corrected chi connectivity index (χ1v) is 33.4.